The summed E-state index contributed by atoms with van der Waals surface area (Å²) in [5.74, 6) is -13.1. The summed E-state index contributed by atoms with van der Waals surface area (Å²) in [6.45, 7) is 1.03. The molecule has 0 amide bonds. The van der Waals surface area contributed by atoms with Crippen LogP contribution in [0.2, 0.25) is 0 Å². The van der Waals surface area contributed by atoms with Crippen molar-refractivity contribution < 1.29 is 41.0 Å². The van der Waals surface area contributed by atoms with E-state index in [1.807, 2.05) is 0 Å². The maximum Gasteiger partial charge on any atom is 0.313 e. The third kappa shape index (κ3) is 9.57. The van der Waals surface area contributed by atoms with E-state index in [1.165, 1.54) is 57.8 Å². The average Bonchev–Trinajstić information content (AvgIpc) is 2.82. The molecule has 0 bridgehead atoms. The van der Waals surface area contributed by atoms with E-state index in [0.717, 1.165) is 18.8 Å². The zero-order valence-electron chi connectivity index (χ0n) is 18.9. The van der Waals surface area contributed by atoms with Crippen LogP contribution in [0.5, 0.6) is 5.75 Å². The second kappa shape index (κ2) is 15.2. The summed E-state index contributed by atoms with van der Waals surface area (Å²) in [6, 6.07) is 0. The fraction of sp³-hybridized carbons (Fsp3) is 0.708. The number of esters is 1. The summed E-state index contributed by atoms with van der Waals surface area (Å²) in [5, 5.41) is 0. The van der Waals surface area contributed by atoms with Crippen molar-refractivity contribution >= 4 is 5.97 Å². The van der Waals surface area contributed by atoms with Crippen molar-refractivity contribution in [3.05, 3.63) is 29.1 Å². The monoisotopic (exact) mass is 480 g/mol. The largest absolute Gasteiger partial charge is 0.420 e. The molecule has 0 N–H and O–H groups in total. The molecule has 0 radical (unpaired) electrons. The minimum atomic E-state index is -2.32. The molecule has 1 saturated carbocycles. The Balaban J connectivity index is 1.54. The number of hydrogen-bond acceptors (Lipinski definition) is 4. The van der Waals surface area contributed by atoms with Crippen LogP contribution in [0.1, 0.15) is 77.0 Å². The number of benzene rings is 1. The van der Waals surface area contributed by atoms with Crippen molar-refractivity contribution in [2.24, 2.45) is 5.92 Å². The highest BCUT2D eigenvalue weighted by Crippen LogP contribution is 2.29. The third-order valence-electron chi connectivity index (χ3n) is 5.83. The zero-order valence-corrected chi connectivity index (χ0v) is 18.9. The molecular formula is C24H33F5O4. The van der Waals surface area contributed by atoms with Gasteiger partial charge in [0, 0.05) is 6.61 Å². The van der Waals surface area contributed by atoms with Crippen LogP contribution in [0.15, 0.2) is 0 Å². The lowest BCUT2D eigenvalue weighted by Gasteiger charge is -2.18. The molecule has 2 rings (SSSR count). The molecule has 4 nitrogen and oxygen atoms in total. The predicted molar refractivity (Wildman–Crippen MR) is 112 cm³/mol. The van der Waals surface area contributed by atoms with Crippen LogP contribution in [-0.4, -0.2) is 32.4 Å². The molecule has 1 aromatic carbocycles. The van der Waals surface area contributed by atoms with Gasteiger partial charge in [0.15, 0.2) is 0 Å². The Morgan fingerprint density at radius 3 is 1.73 bits per heavy atom. The fourth-order valence-corrected chi connectivity index (χ4v) is 3.97. The summed E-state index contributed by atoms with van der Waals surface area (Å²) in [4.78, 5) is 11.6. The molecule has 0 unspecified atom stereocenters. The van der Waals surface area contributed by atoms with Crippen molar-refractivity contribution in [2.45, 2.75) is 77.0 Å². The first-order valence-corrected chi connectivity index (χ1v) is 11.8. The SMILES string of the molecule is O=C(CCOCCOCCCC1CCCCCCCCC1)Oc1c(F)c(F)c(F)c(F)c1F. The van der Waals surface area contributed by atoms with Gasteiger partial charge in [-0.25, -0.2) is 13.2 Å². The number of ether oxygens (including phenoxy) is 3. The van der Waals surface area contributed by atoms with Gasteiger partial charge in [0.05, 0.1) is 26.2 Å². The summed E-state index contributed by atoms with van der Waals surface area (Å²) in [5.41, 5.74) is 0. The lowest BCUT2D eigenvalue weighted by molar-refractivity contribution is -0.136. The highest BCUT2D eigenvalue weighted by molar-refractivity contribution is 5.72. The molecule has 9 heteroatoms. The standard InChI is InChI=1S/C24H33F5O4/c25-19-20(26)22(28)24(23(29)21(19)27)33-18(30)12-14-32-16-15-31-13-8-11-17-9-6-4-2-1-3-5-7-10-17/h17H,1-16H2. The first-order valence-electron chi connectivity index (χ1n) is 11.8. The Morgan fingerprint density at radius 2 is 1.15 bits per heavy atom. The first-order chi connectivity index (χ1) is 15.9. The van der Waals surface area contributed by atoms with Crippen LogP contribution >= 0.6 is 0 Å². The fourth-order valence-electron chi connectivity index (χ4n) is 3.97. The summed E-state index contributed by atoms with van der Waals surface area (Å²) in [7, 11) is 0. The van der Waals surface area contributed by atoms with Crippen molar-refractivity contribution in [1.29, 1.82) is 0 Å². The van der Waals surface area contributed by atoms with E-state index < -0.39 is 47.2 Å². The molecule has 1 aliphatic carbocycles. The van der Waals surface area contributed by atoms with Crippen LogP contribution in [0.25, 0.3) is 0 Å². The van der Waals surface area contributed by atoms with Gasteiger partial charge in [-0.05, 0) is 18.8 Å². The highest BCUT2D eigenvalue weighted by Gasteiger charge is 2.28. The van der Waals surface area contributed by atoms with Crippen molar-refractivity contribution in [3.63, 3.8) is 0 Å². The van der Waals surface area contributed by atoms with Gasteiger partial charge in [-0.1, -0.05) is 57.8 Å². The van der Waals surface area contributed by atoms with Crippen molar-refractivity contribution in [2.75, 3.05) is 26.4 Å². The Kier molecular flexibility index (Phi) is 12.7. The van der Waals surface area contributed by atoms with E-state index in [0.29, 0.717) is 13.2 Å². The Bertz CT molecular complexity index is 705. The molecular weight excluding hydrogens is 447 g/mol. The smallest absolute Gasteiger partial charge is 0.313 e. The molecule has 0 heterocycles. The molecule has 1 aliphatic rings. The summed E-state index contributed by atoms with van der Waals surface area (Å²) >= 11 is 0. The van der Waals surface area contributed by atoms with Gasteiger partial charge < -0.3 is 14.2 Å². The zero-order chi connectivity index (χ0) is 24.1. The Labute approximate surface area is 191 Å². The highest BCUT2D eigenvalue weighted by atomic mass is 19.2. The van der Waals surface area contributed by atoms with Gasteiger partial charge >= 0.3 is 5.97 Å². The average molecular weight is 481 g/mol. The second-order valence-electron chi connectivity index (χ2n) is 8.41. The maximum absolute atomic E-state index is 13.5. The summed E-state index contributed by atoms with van der Waals surface area (Å²) < 4.78 is 81.2. The van der Waals surface area contributed by atoms with Crippen molar-refractivity contribution in [1.82, 2.24) is 0 Å². The molecule has 188 valence electrons. The lowest BCUT2D eigenvalue weighted by Crippen LogP contribution is -2.16. The van der Waals surface area contributed by atoms with Crippen LogP contribution in [0, 0.1) is 35.0 Å². The van der Waals surface area contributed by atoms with E-state index in [4.69, 9.17) is 9.47 Å². The van der Waals surface area contributed by atoms with Gasteiger partial charge in [-0.15, -0.1) is 0 Å². The molecule has 0 spiro atoms. The van der Waals surface area contributed by atoms with E-state index in [1.54, 1.807) is 0 Å². The maximum atomic E-state index is 13.5. The van der Waals surface area contributed by atoms with Crippen LogP contribution in [-0.2, 0) is 14.3 Å². The topological polar surface area (TPSA) is 44.8 Å². The quantitative estimate of drug-likeness (QED) is 0.0890. The van der Waals surface area contributed by atoms with E-state index >= 15 is 0 Å². The van der Waals surface area contributed by atoms with Gasteiger partial charge in [0.1, 0.15) is 0 Å². The minimum absolute atomic E-state index is 0.139. The van der Waals surface area contributed by atoms with Crippen LogP contribution in [0.4, 0.5) is 22.0 Å². The van der Waals surface area contributed by atoms with E-state index in [9.17, 15) is 26.7 Å². The first kappa shape index (κ1) is 27.5. The minimum Gasteiger partial charge on any atom is -0.420 e. The number of hydrogen-bond donors (Lipinski definition) is 0. The molecule has 0 aromatic heterocycles. The number of rotatable bonds is 11. The van der Waals surface area contributed by atoms with Crippen LogP contribution < -0.4 is 4.74 Å². The number of halogens is 5. The lowest BCUT2D eigenvalue weighted by atomic mass is 9.89. The molecule has 0 atom stereocenters. The van der Waals surface area contributed by atoms with E-state index in [2.05, 4.69) is 4.74 Å². The van der Waals surface area contributed by atoms with Gasteiger partial charge in [-0.2, -0.15) is 8.78 Å². The van der Waals surface area contributed by atoms with E-state index in [-0.39, 0.29) is 13.2 Å². The molecule has 0 saturated heterocycles. The predicted octanol–water partition coefficient (Wildman–Crippen LogP) is 6.63. The Hall–Kier alpha value is -1.74. The van der Waals surface area contributed by atoms with Gasteiger partial charge in [0.2, 0.25) is 34.8 Å². The Morgan fingerprint density at radius 1 is 0.667 bits per heavy atom. The third-order valence-corrected chi connectivity index (χ3v) is 5.83. The normalized spacial score (nSPS) is 16.0. The summed E-state index contributed by atoms with van der Waals surface area (Å²) in [6.07, 6.45) is 13.7. The molecule has 0 aliphatic heterocycles. The molecule has 33 heavy (non-hydrogen) atoms. The number of carbonyl (C=O) groups excluding carboxylic acids is 1. The van der Waals surface area contributed by atoms with Gasteiger partial charge in [0.25, 0.3) is 0 Å². The van der Waals surface area contributed by atoms with Crippen molar-refractivity contribution in [3.8, 4) is 5.75 Å². The van der Waals surface area contributed by atoms with Gasteiger partial charge in [-0.3, -0.25) is 4.79 Å². The number of carbonyl (C=O) groups is 1. The molecule has 1 fully saturated rings. The molecule has 1 aromatic rings. The van der Waals surface area contributed by atoms with Crippen LogP contribution in [0.3, 0.4) is 0 Å². The second-order valence-corrected chi connectivity index (χ2v) is 8.41.